The molecule has 3 heterocycles. The molecule has 1 aliphatic heterocycles. The van der Waals surface area contributed by atoms with E-state index < -0.39 is 61.5 Å². The lowest BCUT2D eigenvalue weighted by molar-refractivity contribution is -0.141. The van der Waals surface area contributed by atoms with Crippen molar-refractivity contribution in [2.45, 2.75) is 65.2 Å². The first-order valence-electron chi connectivity index (χ1n) is 17.2. The molecule has 10 nitrogen and oxygen atoms in total. The zero-order valence-corrected chi connectivity index (χ0v) is 30.9. The van der Waals surface area contributed by atoms with E-state index in [1.807, 2.05) is 45.0 Å². The first kappa shape index (κ1) is 37.6. The maximum Gasteiger partial charge on any atom is 0.306 e. The summed E-state index contributed by atoms with van der Waals surface area (Å²) in [5, 5.41) is 14.3. The van der Waals surface area contributed by atoms with Crippen molar-refractivity contribution in [3.05, 3.63) is 100 Å². The number of aliphatic carboxylic acids is 1. The number of carboxylic acid groups (broad SMARTS) is 1. The van der Waals surface area contributed by atoms with Crippen molar-refractivity contribution >= 4 is 32.4 Å². The molecule has 0 radical (unpaired) electrons. The van der Waals surface area contributed by atoms with Crippen LogP contribution in [-0.2, 0) is 39.9 Å². The van der Waals surface area contributed by atoms with E-state index in [0.717, 1.165) is 17.2 Å². The standard InChI is InChI=1S/C39H40F3N5O5S/c1-22(36(48)49)17-23-9-7-10-24(18-23)39(4)15-8-14-38(2,3)21-53(50,51)16-13-26-30-29(43-5)20-44-33(30)31(41)32(42)34(26)52-25-11-12-28(40)27(19-25)35-45-37(39)46-47(35)6/h7,9-12,18-20,22,44H,8,13-17,21H2,1-4,6H3,(H,48,49)/t22-,39-/m1/s1. The largest absolute Gasteiger partial charge is 0.481 e. The molecule has 5 aromatic rings. The summed E-state index contributed by atoms with van der Waals surface area (Å²) in [5.41, 5.74) is -0.311. The first-order valence-corrected chi connectivity index (χ1v) is 19.1. The Hall–Kier alpha value is -5.16. The molecule has 0 aliphatic carbocycles. The van der Waals surface area contributed by atoms with Gasteiger partial charge >= 0.3 is 5.97 Å². The monoisotopic (exact) mass is 747 g/mol. The number of nitrogens with one attached hydrogen (secondary N) is 1. The number of hydrogen-bond acceptors (Lipinski definition) is 6. The summed E-state index contributed by atoms with van der Waals surface area (Å²) >= 11 is 0. The SMILES string of the molecule is [C-]#[N+]c1c[nH]c2c(F)c(F)c3c(c12)CCS(=O)(=O)CC(C)(C)CCC[C@](C)(c1cccc(C[C@@H](C)C(=O)O)c1)c1nc(n(C)n1)-c1cc(ccc1F)O3. The van der Waals surface area contributed by atoms with Gasteiger partial charge in [-0.2, -0.15) is 9.49 Å². The van der Waals surface area contributed by atoms with Gasteiger partial charge in [-0.1, -0.05) is 51.5 Å². The van der Waals surface area contributed by atoms with E-state index in [4.69, 9.17) is 21.4 Å². The lowest BCUT2D eigenvalue weighted by Crippen LogP contribution is -2.29. The van der Waals surface area contributed by atoms with Crippen molar-refractivity contribution in [1.29, 1.82) is 0 Å². The minimum absolute atomic E-state index is 0.00351. The summed E-state index contributed by atoms with van der Waals surface area (Å²) in [6.07, 6.45) is 2.75. The second-order valence-corrected chi connectivity index (χ2v) is 17.1. The fraction of sp³-hybridized carbons (Fsp3) is 0.385. The van der Waals surface area contributed by atoms with Gasteiger partial charge < -0.3 is 14.8 Å². The lowest BCUT2D eigenvalue weighted by atomic mass is 9.75. The van der Waals surface area contributed by atoms with E-state index in [-0.39, 0.29) is 51.5 Å². The smallest absolute Gasteiger partial charge is 0.306 e. The lowest BCUT2D eigenvalue weighted by Gasteiger charge is -2.31. The Morgan fingerprint density at radius 1 is 1.13 bits per heavy atom. The molecule has 278 valence electrons. The number of fused-ring (bicyclic) bond motifs is 8. The molecule has 2 atom stereocenters. The highest BCUT2D eigenvalue weighted by atomic mass is 32.2. The average molecular weight is 748 g/mol. The number of benzene rings is 3. The van der Waals surface area contributed by atoms with Crippen molar-refractivity contribution in [1.82, 2.24) is 19.7 Å². The molecule has 0 saturated carbocycles. The van der Waals surface area contributed by atoms with Crippen LogP contribution in [0.3, 0.4) is 0 Å². The Balaban J connectivity index is 1.53. The molecule has 0 amide bonds. The number of ether oxygens (including phenoxy) is 1. The highest BCUT2D eigenvalue weighted by Gasteiger charge is 2.36. The molecule has 3 aromatic carbocycles. The average Bonchev–Trinajstić information content (AvgIpc) is 3.70. The maximum absolute atomic E-state index is 15.9. The quantitative estimate of drug-likeness (QED) is 0.176. The van der Waals surface area contributed by atoms with Crippen LogP contribution in [0.5, 0.6) is 11.5 Å². The molecule has 1 aliphatic rings. The first-order chi connectivity index (χ1) is 24.9. The van der Waals surface area contributed by atoms with E-state index in [2.05, 4.69) is 9.83 Å². The molecule has 14 heteroatoms. The zero-order valence-electron chi connectivity index (χ0n) is 30.1. The van der Waals surface area contributed by atoms with Crippen molar-refractivity contribution in [3.8, 4) is 22.9 Å². The Morgan fingerprint density at radius 2 is 1.89 bits per heavy atom. The van der Waals surface area contributed by atoms with Crippen LogP contribution in [0.1, 0.15) is 69.5 Å². The topological polar surface area (TPSA) is 132 Å². The number of carboxylic acids is 1. The van der Waals surface area contributed by atoms with Crippen molar-refractivity contribution in [2.75, 3.05) is 11.5 Å². The van der Waals surface area contributed by atoms with Crippen LogP contribution in [0.15, 0.2) is 48.7 Å². The normalized spacial score (nSPS) is 19.3. The number of hydrogen-bond donors (Lipinski definition) is 2. The molecule has 4 bridgehead atoms. The molecule has 2 aromatic heterocycles. The van der Waals surface area contributed by atoms with Gasteiger partial charge in [-0.3, -0.25) is 4.79 Å². The third-order valence-corrected chi connectivity index (χ3v) is 12.2. The van der Waals surface area contributed by atoms with Crippen molar-refractivity contribution < 1.29 is 36.2 Å². The van der Waals surface area contributed by atoms with E-state index in [1.54, 1.807) is 14.0 Å². The number of sulfone groups is 1. The second-order valence-electron chi connectivity index (χ2n) is 14.9. The van der Waals surface area contributed by atoms with Gasteiger partial charge in [0.1, 0.15) is 11.6 Å². The second kappa shape index (κ2) is 14.0. The van der Waals surface area contributed by atoms with Gasteiger partial charge in [-0.25, -0.2) is 31.7 Å². The number of nitrogens with zero attached hydrogens (tertiary/aromatic N) is 4. The molecule has 2 N–H and O–H groups in total. The van der Waals surface area contributed by atoms with Crippen LogP contribution in [0.25, 0.3) is 27.1 Å². The molecule has 0 saturated heterocycles. The van der Waals surface area contributed by atoms with Gasteiger partial charge in [-0.15, -0.1) is 0 Å². The molecule has 0 unspecified atom stereocenters. The van der Waals surface area contributed by atoms with E-state index >= 15 is 13.2 Å². The third-order valence-electron chi connectivity index (χ3n) is 10.2. The number of rotatable bonds is 4. The summed E-state index contributed by atoms with van der Waals surface area (Å²) in [7, 11) is -2.19. The van der Waals surface area contributed by atoms with Crippen molar-refractivity contribution in [2.24, 2.45) is 18.4 Å². The predicted octanol–water partition coefficient (Wildman–Crippen LogP) is 8.46. The number of aromatic amines is 1. The number of H-pyrrole nitrogens is 1. The number of aryl methyl sites for hydroxylation is 2. The zero-order chi connectivity index (χ0) is 38.5. The third kappa shape index (κ3) is 7.40. The summed E-state index contributed by atoms with van der Waals surface area (Å²) in [6, 6.07) is 11.2. The fourth-order valence-corrected chi connectivity index (χ4v) is 9.27. The van der Waals surface area contributed by atoms with Gasteiger partial charge in [-0.05, 0) is 72.9 Å². The number of halogens is 3. The summed E-state index contributed by atoms with van der Waals surface area (Å²) in [6.45, 7) is 14.9. The highest BCUT2D eigenvalue weighted by Crippen LogP contribution is 2.43. The van der Waals surface area contributed by atoms with Crippen LogP contribution >= 0.6 is 0 Å². The van der Waals surface area contributed by atoms with Gasteiger partial charge in [0.2, 0.25) is 11.5 Å². The van der Waals surface area contributed by atoms with Crippen LogP contribution in [-0.4, -0.2) is 50.7 Å². The van der Waals surface area contributed by atoms with Gasteiger partial charge in [0, 0.05) is 18.6 Å². The van der Waals surface area contributed by atoms with Gasteiger partial charge in [0.15, 0.2) is 33.1 Å². The Labute approximate surface area is 305 Å². The highest BCUT2D eigenvalue weighted by molar-refractivity contribution is 7.91. The molecule has 6 rings (SSSR count). The summed E-state index contributed by atoms with van der Waals surface area (Å²) in [5.74, 6) is -5.73. The molecular weight excluding hydrogens is 708 g/mol. The van der Waals surface area contributed by atoms with Crippen LogP contribution < -0.4 is 4.74 Å². The van der Waals surface area contributed by atoms with E-state index in [9.17, 15) is 18.3 Å². The van der Waals surface area contributed by atoms with Crippen LogP contribution in [0.2, 0.25) is 0 Å². The maximum atomic E-state index is 15.9. The van der Waals surface area contributed by atoms with Gasteiger partial charge in [0.05, 0.1) is 40.5 Å². The van der Waals surface area contributed by atoms with Gasteiger partial charge in [0.25, 0.3) is 0 Å². The van der Waals surface area contributed by atoms with Crippen LogP contribution in [0.4, 0.5) is 18.9 Å². The fourth-order valence-electron chi connectivity index (χ4n) is 7.28. The predicted molar refractivity (Wildman–Crippen MR) is 194 cm³/mol. The molecule has 53 heavy (non-hydrogen) atoms. The Bertz CT molecular complexity index is 2400. The summed E-state index contributed by atoms with van der Waals surface area (Å²) < 4.78 is 81.8. The van der Waals surface area contributed by atoms with Crippen LogP contribution in [0, 0.1) is 35.4 Å². The minimum Gasteiger partial charge on any atom is -0.481 e. The minimum atomic E-state index is -3.80. The summed E-state index contributed by atoms with van der Waals surface area (Å²) in [4.78, 5) is 22.5. The molecule has 0 spiro atoms. The number of aromatic nitrogens is 4. The Kier molecular flexibility index (Phi) is 9.93. The molecular formula is C39H40F3N5O5S. The van der Waals surface area contributed by atoms with Crippen molar-refractivity contribution in [3.63, 3.8) is 0 Å². The van der Waals surface area contributed by atoms with E-state index in [1.165, 1.54) is 23.0 Å². The molecule has 0 fully saturated rings. The Morgan fingerprint density at radius 3 is 2.60 bits per heavy atom. The number of carbonyl (C=O) groups is 1. The van der Waals surface area contributed by atoms with E-state index in [0.29, 0.717) is 31.5 Å².